The maximum atomic E-state index is 12.3. The van der Waals surface area contributed by atoms with Crippen molar-refractivity contribution in [2.75, 3.05) is 13.7 Å². The van der Waals surface area contributed by atoms with Crippen LogP contribution in [-0.2, 0) is 4.79 Å². The summed E-state index contributed by atoms with van der Waals surface area (Å²) in [5.74, 6) is 0.605. The first kappa shape index (κ1) is 22.9. The molecule has 0 fully saturated rings. The van der Waals surface area contributed by atoms with E-state index < -0.39 is 5.97 Å². The fourth-order valence-electron chi connectivity index (χ4n) is 3.11. The molecule has 0 aliphatic heterocycles. The summed E-state index contributed by atoms with van der Waals surface area (Å²) in [6.45, 7) is 3.48. The van der Waals surface area contributed by atoms with Crippen molar-refractivity contribution in [2.45, 2.75) is 13.8 Å². The van der Waals surface area contributed by atoms with Gasteiger partial charge in [-0.05, 0) is 66.4 Å². The number of carbonyl (C=O) groups is 1. The summed E-state index contributed by atoms with van der Waals surface area (Å²) in [7, 11) is 1.48. The van der Waals surface area contributed by atoms with Crippen molar-refractivity contribution >= 4 is 29.2 Å². The van der Waals surface area contributed by atoms with Crippen LogP contribution in [0.2, 0.25) is 5.02 Å². The molecule has 3 aromatic rings. The molecule has 0 saturated carbocycles. The summed E-state index contributed by atoms with van der Waals surface area (Å²) in [5, 5.41) is 10.2. The minimum Gasteiger partial charge on any atom is -0.493 e. The van der Waals surface area contributed by atoms with E-state index in [-0.39, 0.29) is 12.4 Å². The normalized spacial score (nSPS) is 10.9. The topological polar surface area (TPSA) is 68.5 Å². The first-order valence-corrected chi connectivity index (χ1v) is 10.2. The van der Waals surface area contributed by atoms with Gasteiger partial charge in [0.1, 0.15) is 5.75 Å². The molecule has 0 aromatic heterocycles. The molecule has 0 amide bonds. The van der Waals surface area contributed by atoms with Gasteiger partial charge in [0.15, 0.2) is 18.1 Å². The molecule has 162 valence electrons. The summed E-state index contributed by atoms with van der Waals surface area (Å²) >= 11 is 6.16. The number of hydrogen-bond acceptors (Lipinski definition) is 5. The number of nitrogens with zero attached hydrogens (tertiary/aromatic N) is 1. The van der Waals surface area contributed by atoms with Gasteiger partial charge in [0.2, 0.25) is 0 Å². The van der Waals surface area contributed by atoms with Crippen LogP contribution in [0.25, 0.3) is 11.6 Å². The highest BCUT2D eigenvalue weighted by Gasteiger charge is 2.13. The van der Waals surface area contributed by atoms with Gasteiger partial charge in [-0.2, -0.15) is 5.26 Å². The van der Waals surface area contributed by atoms with E-state index in [9.17, 15) is 10.1 Å². The molecular formula is C26H22ClNO4. The lowest BCUT2D eigenvalue weighted by Crippen LogP contribution is -2.18. The molecule has 5 nitrogen and oxygen atoms in total. The van der Waals surface area contributed by atoms with Gasteiger partial charge in [-0.1, -0.05) is 48.0 Å². The second-order valence-electron chi connectivity index (χ2n) is 7.08. The van der Waals surface area contributed by atoms with Crippen molar-refractivity contribution in [3.8, 4) is 23.3 Å². The average molecular weight is 448 g/mol. The lowest BCUT2D eigenvalue weighted by atomic mass is 10.0. The Kier molecular flexibility index (Phi) is 7.54. The maximum absolute atomic E-state index is 12.3. The van der Waals surface area contributed by atoms with Gasteiger partial charge in [0.05, 0.1) is 18.8 Å². The Bertz CT molecular complexity index is 1170. The van der Waals surface area contributed by atoms with E-state index in [0.29, 0.717) is 22.1 Å². The summed E-state index contributed by atoms with van der Waals surface area (Å²) in [5.41, 5.74) is 3.80. The monoisotopic (exact) mass is 447 g/mol. The summed E-state index contributed by atoms with van der Waals surface area (Å²) in [6.07, 6.45) is 1.75. The fourth-order valence-corrected chi connectivity index (χ4v) is 3.22. The van der Waals surface area contributed by atoms with Crippen LogP contribution >= 0.6 is 11.6 Å². The third-order valence-electron chi connectivity index (χ3n) is 4.69. The number of carbonyl (C=O) groups excluding carboxylic acids is 1. The number of esters is 1. The summed E-state index contributed by atoms with van der Waals surface area (Å²) < 4.78 is 16.3. The van der Waals surface area contributed by atoms with E-state index in [4.69, 9.17) is 25.8 Å². The minimum atomic E-state index is -0.571. The van der Waals surface area contributed by atoms with Gasteiger partial charge < -0.3 is 14.2 Å². The summed E-state index contributed by atoms with van der Waals surface area (Å²) in [6, 6.07) is 20.2. The van der Waals surface area contributed by atoms with Crippen LogP contribution in [0, 0.1) is 25.2 Å². The number of rotatable bonds is 7. The molecule has 0 saturated heterocycles. The first-order valence-electron chi connectivity index (χ1n) is 9.86. The lowest BCUT2D eigenvalue weighted by Gasteiger charge is -2.12. The molecule has 0 radical (unpaired) electrons. The van der Waals surface area contributed by atoms with Crippen molar-refractivity contribution in [3.63, 3.8) is 0 Å². The number of allylic oxidation sites excluding steroid dienone is 1. The first-order chi connectivity index (χ1) is 15.4. The molecule has 3 aromatic carbocycles. The van der Waals surface area contributed by atoms with Crippen molar-refractivity contribution < 1.29 is 19.0 Å². The Labute approximate surface area is 192 Å². The molecule has 32 heavy (non-hydrogen) atoms. The number of ether oxygens (including phenoxy) is 3. The predicted octanol–water partition coefficient (Wildman–Crippen LogP) is 6.01. The van der Waals surface area contributed by atoms with Crippen molar-refractivity contribution in [1.82, 2.24) is 0 Å². The highest BCUT2D eigenvalue weighted by molar-refractivity contribution is 6.32. The van der Waals surface area contributed by atoms with Crippen LogP contribution < -0.4 is 14.2 Å². The number of aryl methyl sites for hydroxylation is 2. The number of halogens is 1. The molecule has 6 heteroatoms. The largest absolute Gasteiger partial charge is 0.493 e. The van der Waals surface area contributed by atoms with Crippen LogP contribution in [-0.4, -0.2) is 19.7 Å². The Morgan fingerprint density at radius 1 is 1.03 bits per heavy atom. The quantitative estimate of drug-likeness (QED) is 0.192. The van der Waals surface area contributed by atoms with Crippen LogP contribution in [0.15, 0.2) is 60.7 Å². The molecular weight excluding hydrogens is 426 g/mol. The van der Waals surface area contributed by atoms with Crippen molar-refractivity contribution in [3.05, 3.63) is 87.9 Å². The Balaban J connectivity index is 1.71. The molecule has 0 aliphatic rings. The van der Waals surface area contributed by atoms with E-state index >= 15 is 0 Å². The van der Waals surface area contributed by atoms with Crippen LogP contribution in [0.4, 0.5) is 0 Å². The number of methoxy groups -OCH3 is 1. The molecule has 0 aliphatic carbocycles. The molecule has 0 bridgehead atoms. The van der Waals surface area contributed by atoms with Crippen LogP contribution in [0.3, 0.4) is 0 Å². The van der Waals surface area contributed by atoms with Gasteiger partial charge >= 0.3 is 5.97 Å². The van der Waals surface area contributed by atoms with Crippen LogP contribution in [0.1, 0.15) is 22.3 Å². The second-order valence-corrected chi connectivity index (χ2v) is 7.46. The Morgan fingerprint density at radius 2 is 1.72 bits per heavy atom. The van der Waals surface area contributed by atoms with E-state index in [2.05, 4.69) is 6.07 Å². The zero-order chi connectivity index (χ0) is 23.1. The predicted molar refractivity (Wildman–Crippen MR) is 125 cm³/mol. The van der Waals surface area contributed by atoms with Gasteiger partial charge in [0, 0.05) is 5.02 Å². The van der Waals surface area contributed by atoms with Crippen LogP contribution in [0.5, 0.6) is 17.2 Å². The van der Waals surface area contributed by atoms with E-state index in [1.165, 1.54) is 7.11 Å². The lowest BCUT2D eigenvalue weighted by molar-refractivity contribution is -0.136. The van der Waals surface area contributed by atoms with Gasteiger partial charge in [-0.3, -0.25) is 0 Å². The molecule has 3 rings (SSSR count). The van der Waals surface area contributed by atoms with Gasteiger partial charge in [-0.15, -0.1) is 0 Å². The van der Waals surface area contributed by atoms with E-state index in [0.717, 1.165) is 22.3 Å². The number of benzene rings is 3. The molecule has 0 spiro atoms. The zero-order valence-corrected chi connectivity index (χ0v) is 18.8. The van der Waals surface area contributed by atoms with Gasteiger partial charge in [-0.25, -0.2) is 4.79 Å². The fraction of sp³-hybridized carbons (Fsp3) is 0.154. The van der Waals surface area contributed by atoms with E-state index in [1.54, 1.807) is 36.4 Å². The smallest absolute Gasteiger partial charge is 0.349 e. The maximum Gasteiger partial charge on any atom is 0.349 e. The molecule has 0 heterocycles. The highest BCUT2D eigenvalue weighted by atomic mass is 35.5. The standard InChI is InChI=1S/C26H22ClNO4/c1-17-11-22(12-18(2)26(17)27)31-16-25(29)32-23-10-9-19(14-24(23)30-3)13-21(15-28)20-7-5-4-6-8-20/h4-14H,16H2,1-3H3/b21-13+. The highest BCUT2D eigenvalue weighted by Crippen LogP contribution is 2.30. The number of hydrogen-bond donors (Lipinski definition) is 0. The third-order valence-corrected chi connectivity index (χ3v) is 5.29. The van der Waals surface area contributed by atoms with Crippen molar-refractivity contribution in [1.29, 1.82) is 5.26 Å². The second kappa shape index (κ2) is 10.5. The average Bonchev–Trinajstić information content (AvgIpc) is 2.80. The van der Waals surface area contributed by atoms with Gasteiger partial charge in [0.25, 0.3) is 0 Å². The van der Waals surface area contributed by atoms with E-state index in [1.807, 2.05) is 44.2 Å². The molecule has 0 N–H and O–H groups in total. The SMILES string of the molecule is COc1cc(/C=C(\C#N)c2ccccc2)ccc1OC(=O)COc1cc(C)c(Cl)c(C)c1. The molecule has 0 atom stereocenters. The third kappa shape index (κ3) is 5.69. The molecule has 0 unspecified atom stereocenters. The number of nitriles is 1. The minimum absolute atomic E-state index is 0.264. The van der Waals surface area contributed by atoms with Crippen molar-refractivity contribution in [2.24, 2.45) is 0 Å². The Hall–Kier alpha value is -3.75. The zero-order valence-electron chi connectivity index (χ0n) is 18.0. The summed E-state index contributed by atoms with van der Waals surface area (Å²) in [4.78, 5) is 12.3. The Morgan fingerprint density at radius 3 is 2.34 bits per heavy atom.